The maximum absolute atomic E-state index is 12.5. The number of fused-ring (bicyclic) bond motifs is 1. The molecule has 0 aliphatic carbocycles. The van der Waals surface area contributed by atoms with E-state index in [0.29, 0.717) is 24.1 Å². The third-order valence-corrected chi connectivity index (χ3v) is 3.09. The highest BCUT2D eigenvalue weighted by Gasteiger charge is 2.10. The lowest BCUT2D eigenvalue weighted by Gasteiger charge is -2.05. The Morgan fingerprint density at radius 3 is 2.70 bits per heavy atom. The molecule has 0 radical (unpaired) electrons. The standard InChI is InChI=1S/C13H14N6O/c1-3-19-12-11(6-17-19)16-8-18(13(12)20)7-10-5-14-9(2)4-15-10/h4-6,8H,3,7H2,1-2H3. The first kappa shape index (κ1) is 12.5. The molecule has 0 saturated carbocycles. The molecule has 0 bridgehead atoms. The van der Waals surface area contributed by atoms with Crippen LogP contribution in [0.15, 0.2) is 29.7 Å². The van der Waals surface area contributed by atoms with Gasteiger partial charge in [0.05, 0.1) is 36.7 Å². The summed E-state index contributed by atoms with van der Waals surface area (Å²) in [6.45, 7) is 4.80. The van der Waals surface area contributed by atoms with Crippen molar-refractivity contribution in [3.05, 3.63) is 46.7 Å². The molecule has 0 unspecified atom stereocenters. The number of hydrogen-bond acceptors (Lipinski definition) is 5. The van der Waals surface area contributed by atoms with E-state index in [9.17, 15) is 4.79 Å². The zero-order valence-corrected chi connectivity index (χ0v) is 11.3. The molecule has 0 saturated heterocycles. The maximum Gasteiger partial charge on any atom is 0.279 e. The third-order valence-electron chi connectivity index (χ3n) is 3.09. The quantitative estimate of drug-likeness (QED) is 0.702. The van der Waals surface area contributed by atoms with Gasteiger partial charge in [0.25, 0.3) is 5.56 Å². The smallest absolute Gasteiger partial charge is 0.279 e. The zero-order valence-electron chi connectivity index (χ0n) is 11.3. The number of nitrogens with zero attached hydrogens (tertiary/aromatic N) is 6. The van der Waals surface area contributed by atoms with Gasteiger partial charge in [-0.3, -0.25) is 24.0 Å². The number of aryl methyl sites for hydroxylation is 2. The first-order valence-corrected chi connectivity index (χ1v) is 6.37. The SMILES string of the molecule is CCn1ncc2ncn(Cc3cnc(C)cn3)c(=O)c21. The Morgan fingerprint density at radius 1 is 1.15 bits per heavy atom. The van der Waals surface area contributed by atoms with Gasteiger partial charge in [0, 0.05) is 12.7 Å². The highest BCUT2D eigenvalue weighted by Crippen LogP contribution is 2.05. The minimum absolute atomic E-state index is 0.114. The Hall–Kier alpha value is -2.57. The minimum Gasteiger partial charge on any atom is -0.291 e. The molecule has 20 heavy (non-hydrogen) atoms. The molecule has 3 aromatic rings. The van der Waals surface area contributed by atoms with Gasteiger partial charge in [-0.05, 0) is 13.8 Å². The van der Waals surface area contributed by atoms with Crippen molar-refractivity contribution in [3.63, 3.8) is 0 Å². The summed E-state index contributed by atoms with van der Waals surface area (Å²) < 4.78 is 3.18. The van der Waals surface area contributed by atoms with E-state index in [-0.39, 0.29) is 5.56 Å². The molecular formula is C13H14N6O. The summed E-state index contributed by atoms with van der Waals surface area (Å²) in [4.78, 5) is 25.1. The summed E-state index contributed by atoms with van der Waals surface area (Å²) in [7, 11) is 0. The van der Waals surface area contributed by atoms with Crippen molar-refractivity contribution < 1.29 is 0 Å². The Labute approximate surface area is 114 Å². The van der Waals surface area contributed by atoms with E-state index >= 15 is 0 Å². The molecule has 0 N–H and O–H groups in total. The Morgan fingerprint density at radius 2 is 2.00 bits per heavy atom. The van der Waals surface area contributed by atoms with Gasteiger partial charge in [-0.25, -0.2) is 4.98 Å². The topological polar surface area (TPSA) is 78.5 Å². The fourth-order valence-electron chi connectivity index (χ4n) is 2.04. The predicted octanol–water partition coefficient (Wildman–Crippen LogP) is 0.760. The van der Waals surface area contributed by atoms with Gasteiger partial charge in [0.1, 0.15) is 5.52 Å². The van der Waals surface area contributed by atoms with E-state index in [0.717, 1.165) is 11.4 Å². The molecule has 3 aromatic heterocycles. The van der Waals surface area contributed by atoms with Crippen molar-refractivity contribution in [1.29, 1.82) is 0 Å². The largest absolute Gasteiger partial charge is 0.291 e. The van der Waals surface area contributed by atoms with Crippen molar-refractivity contribution in [2.45, 2.75) is 26.9 Å². The normalized spacial score (nSPS) is 11.1. The average molecular weight is 270 g/mol. The molecule has 0 atom stereocenters. The van der Waals surface area contributed by atoms with Gasteiger partial charge < -0.3 is 0 Å². The Balaban J connectivity index is 2.06. The van der Waals surface area contributed by atoms with Crippen LogP contribution in [0.25, 0.3) is 11.0 Å². The lowest BCUT2D eigenvalue weighted by molar-refractivity contribution is 0.666. The summed E-state index contributed by atoms with van der Waals surface area (Å²) in [6, 6.07) is 0. The maximum atomic E-state index is 12.5. The van der Waals surface area contributed by atoms with E-state index in [1.54, 1.807) is 23.3 Å². The second-order valence-corrected chi connectivity index (χ2v) is 4.52. The summed E-state index contributed by atoms with van der Waals surface area (Å²) in [5.41, 5.74) is 2.59. The Kier molecular flexibility index (Phi) is 3.02. The highest BCUT2D eigenvalue weighted by atomic mass is 16.1. The first-order valence-electron chi connectivity index (χ1n) is 6.37. The van der Waals surface area contributed by atoms with E-state index in [2.05, 4.69) is 20.1 Å². The van der Waals surface area contributed by atoms with E-state index in [1.807, 2.05) is 13.8 Å². The van der Waals surface area contributed by atoms with Crippen molar-refractivity contribution in [2.24, 2.45) is 0 Å². The fraction of sp³-hybridized carbons (Fsp3) is 0.308. The molecule has 0 aromatic carbocycles. The van der Waals surface area contributed by atoms with Crippen LogP contribution in [0.3, 0.4) is 0 Å². The first-order chi connectivity index (χ1) is 9.69. The van der Waals surface area contributed by atoms with Crippen LogP contribution in [0, 0.1) is 6.92 Å². The lowest BCUT2D eigenvalue weighted by atomic mass is 10.4. The molecule has 0 fully saturated rings. The molecule has 0 amide bonds. The highest BCUT2D eigenvalue weighted by molar-refractivity contribution is 5.72. The van der Waals surface area contributed by atoms with Gasteiger partial charge >= 0.3 is 0 Å². The van der Waals surface area contributed by atoms with Crippen molar-refractivity contribution in [2.75, 3.05) is 0 Å². The van der Waals surface area contributed by atoms with Gasteiger partial charge in [0.15, 0.2) is 5.52 Å². The molecule has 7 nitrogen and oxygen atoms in total. The summed E-state index contributed by atoms with van der Waals surface area (Å²) in [5, 5.41) is 4.15. The zero-order chi connectivity index (χ0) is 14.1. The lowest BCUT2D eigenvalue weighted by Crippen LogP contribution is -2.23. The van der Waals surface area contributed by atoms with Crippen molar-refractivity contribution >= 4 is 11.0 Å². The molecule has 0 spiro atoms. The summed E-state index contributed by atoms with van der Waals surface area (Å²) >= 11 is 0. The molecule has 0 aliphatic rings. The van der Waals surface area contributed by atoms with Gasteiger partial charge in [-0.15, -0.1) is 0 Å². The van der Waals surface area contributed by atoms with Crippen LogP contribution < -0.4 is 5.56 Å². The average Bonchev–Trinajstić information content (AvgIpc) is 2.88. The van der Waals surface area contributed by atoms with Crippen LogP contribution in [0.5, 0.6) is 0 Å². The summed E-state index contributed by atoms with van der Waals surface area (Å²) in [6.07, 6.45) is 6.48. The van der Waals surface area contributed by atoms with Gasteiger partial charge in [-0.2, -0.15) is 5.10 Å². The molecule has 3 rings (SSSR count). The van der Waals surface area contributed by atoms with Gasteiger partial charge in [0.2, 0.25) is 0 Å². The minimum atomic E-state index is -0.114. The number of rotatable bonds is 3. The van der Waals surface area contributed by atoms with Crippen LogP contribution >= 0.6 is 0 Å². The monoisotopic (exact) mass is 270 g/mol. The van der Waals surface area contributed by atoms with Crippen LogP contribution in [-0.2, 0) is 13.1 Å². The van der Waals surface area contributed by atoms with Crippen LogP contribution in [0.2, 0.25) is 0 Å². The molecule has 3 heterocycles. The summed E-state index contributed by atoms with van der Waals surface area (Å²) in [5.74, 6) is 0. The van der Waals surface area contributed by atoms with E-state index < -0.39 is 0 Å². The van der Waals surface area contributed by atoms with E-state index in [4.69, 9.17) is 0 Å². The Bertz CT molecular complexity index is 802. The van der Waals surface area contributed by atoms with Crippen LogP contribution in [0.4, 0.5) is 0 Å². The third kappa shape index (κ3) is 2.07. The van der Waals surface area contributed by atoms with Crippen LogP contribution in [-0.4, -0.2) is 29.3 Å². The molecule has 7 heteroatoms. The second kappa shape index (κ2) is 4.84. The fourth-order valence-corrected chi connectivity index (χ4v) is 2.04. The van der Waals surface area contributed by atoms with Gasteiger partial charge in [-0.1, -0.05) is 0 Å². The van der Waals surface area contributed by atoms with Crippen molar-refractivity contribution in [1.82, 2.24) is 29.3 Å². The number of aromatic nitrogens is 6. The predicted molar refractivity (Wildman–Crippen MR) is 73.3 cm³/mol. The molecule has 0 aliphatic heterocycles. The second-order valence-electron chi connectivity index (χ2n) is 4.52. The van der Waals surface area contributed by atoms with E-state index in [1.165, 1.54) is 10.9 Å². The molecule has 102 valence electrons. The van der Waals surface area contributed by atoms with Crippen molar-refractivity contribution in [3.8, 4) is 0 Å². The molecular weight excluding hydrogens is 256 g/mol. The number of hydrogen-bond donors (Lipinski definition) is 0. The van der Waals surface area contributed by atoms with Crippen LogP contribution in [0.1, 0.15) is 18.3 Å².